The summed E-state index contributed by atoms with van der Waals surface area (Å²) < 4.78 is 27.2. The molecular formula is C17H19N3O2S2. The maximum Gasteiger partial charge on any atom is 0.261 e. The smallest absolute Gasteiger partial charge is 0.261 e. The van der Waals surface area contributed by atoms with Crippen LogP contribution in [0.15, 0.2) is 66.1 Å². The minimum Gasteiger partial charge on any atom is -0.359 e. The topological polar surface area (TPSA) is 70.2 Å². The normalized spacial score (nSPS) is 10.7. The summed E-state index contributed by atoms with van der Waals surface area (Å²) in [6.07, 6.45) is 1.71. The monoisotopic (exact) mass is 361 g/mol. The third kappa shape index (κ3) is 5.07. The molecule has 126 valence electrons. The van der Waals surface area contributed by atoms with Gasteiger partial charge in [-0.2, -0.15) is 0 Å². The van der Waals surface area contributed by atoms with Gasteiger partial charge in [-0.05, 0) is 55.5 Å². The third-order valence-corrected chi connectivity index (χ3v) is 4.78. The van der Waals surface area contributed by atoms with Crippen molar-refractivity contribution in [3.8, 4) is 0 Å². The number of anilines is 2. The predicted octanol–water partition coefficient (Wildman–Crippen LogP) is 3.27. The molecule has 0 atom stereocenters. The number of thiocarbonyl (C=S) groups is 1. The molecule has 0 aliphatic heterocycles. The van der Waals surface area contributed by atoms with Gasteiger partial charge in [-0.25, -0.2) is 8.42 Å². The Hall–Kier alpha value is -2.38. The fraction of sp³-hybridized carbons (Fsp3) is 0.118. The van der Waals surface area contributed by atoms with Gasteiger partial charge in [0.05, 0.1) is 4.90 Å². The molecule has 24 heavy (non-hydrogen) atoms. The third-order valence-electron chi connectivity index (χ3n) is 3.13. The van der Waals surface area contributed by atoms with E-state index in [2.05, 4.69) is 21.9 Å². The molecule has 0 bridgehead atoms. The first kappa shape index (κ1) is 18.0. The number of benzene rings is 2. The molecule has 0 saturated heterocycles. The maximum absolute atomic E-state index is 12.3. The van der Waals surface area contributed by atoms with Crippen LogP contribution in [0.4, 0.5) is 11.4 Å². The van der Waals surface area contributed by atoms with E-state index in [1.807, 2.05) is 6.92 Å². The van der Waals surface area contributed by atoms with Gasteiger partial charge in [-0.15, -0.1) is 6.58 Å². The molecule has 7 heteroatoms. The Morgan fingerprint density at radius 2 is 1.67 bits per heavy atom. The molecule has 0 aliphatic carbocycles. The molecule has 0 fully saturated rings. The standard InChI is InChI=1S/C17H19N3O2S2/c1-3-12-18-17(23)19-14-6-8-15(9-7-14)20-24(21,22)16-10-4-13(2)5-11-16/h3-11,20H,1,12H2,2H3,(H2,18,19,23). The Bertz CT molecular complexity index is 814. The van der Waals surface area contributed by atoms with Crippen LogP contribution in [0.5, 0.6) is 0 Å². The van der Waals surface area contributed by atoms with E-state index in [-0.39, 0.29) is 4.90 Å². The quantitative estimate of drug-likeness (QED) is 0.544. The molecule has 0 aromatic heterocycles. The van der Waals surface area contributed by atoms with Crippen molar-refractivity contribution >= 4 is 38.7 Å². The highest BCUT2D eigenvalue weighted by atomic mass is 32.2. The summed E-state index contributed by atoms with van der Waals surface area (Å²) >= 11 is 5.11. The minimum atomic E-state index is -3.60. The van der Waals surface area contributed by atoms with Crippen LogP contribution in [0.25, 0.3) is 0 Å². The summed E-state index contributed by atoms with van der Waals surface area (Å²) in [6, 6.07) is 13.5. The van der Waals surface area contributed by atoms with Crippen LogP contribution < -0.4 is 15.4 Å². The van der Waals surface area contributed by atoms with Crippen LogP contribution in [0.3, 0.4) is 0 Å². The van der Waals surface area contributed by atoms with Crippen molar-refractivity contribution < 1.29 is 8.42 Å². The Morgan fingerprint density at radius 3 is 2.25 bits per heavy atom. The largest absolute Gasteiger partial charge is 0.359 e. The zero-order chi connectivity index (χ0) is 17.6. The number of nitrogens with one attached hydrogen (secondary N) is 3. The van der Waals surface area contributed by atoms with Crippen LogP contribution >= 0.6 is 12.2 Å². The van der Waals surface area contributed by atoms with E-state index in [1.54, 1.807) is 54.6 Å². The van der Waals surface area contributed by atoms with Crippen LogP contribution in [0, 0.1) is 6.92 Å². The van der Waals surface area contributed by atoms with Gasteiger partial charge in [0.2, 0.25) is 0 Å². The van der Waals surface area contributed by atoms with Gasteiger partial charge in [0, 0.05) is 17.9 Å². The average Bonchev–Trinajstić information content (AvgIpc) is 2.55. The predicted molar refractivity (Wildman–Crippen MR) is 103 cm³/mol. The first-order valence-corrected chi connectivity index (χ1v) is 9.15. The summed E-state index contributed by atoms with van der Waals surface area (Å²) in [6.45, 7) is 6.08. The zero-order valence-electron chi connectivity index (χ0n) is 13.2. The lowest BCUT2D eigenvalue weighted by atomic mass is 10.2. The summed E-state index contributed by atoms with van der Waals surface area (Å²) in [5, 5.41) is 6.43. The average molecular weight is 361 g/mol. The van der Waals surface area contributed by atoms with E-state index in [1.165, 1.54) is 0 Å². The first-order valence-electron chi connectivity index (χ1n) is 7.26. The molecule has 2 rings (SSSR count). The van der Waals surface area contributed by atoms with Crippen molar-refractivity contribution in [2.24, 2.45) is 0 Å². The number of rotatable bonds is 6. The van der Waals surface area contributed by atoms with Crippen LogP contribution in [0.1, 0.15) is 5.56 Å². The highest BCUT2D eigenvalue weighted by Gasteiger charge is 2.13. The Labute approximate surface area is 147 Å². The number of sulfonamides is 1. The van der Waals surface area contributed by atoms with E-state index in [0.29, 0.717) is 17.3 Å². The van der Waals surface area contributed by atoms with Gasteiger partial charge in [0.15, 0.2) is 5.11 Å². The molecule has 0 spiro atoms. The molecule has 0 aliphatic rings. The summed E-state index contributed by atoms with van der Waals surface area (Å²) in [5.41, 5.74) is 2.24. The Morgan fingerprint density at radius 1 is 1.08 bits per heavy atom. The van der Waals surface area contributed by atoms with E-state index >= 15 is 0 Å². The zero-order valence-corrected chi connectivity index (χ0v) is 14.9. The molecule has 0 saturated carbocycles. The summed E-state index contributed by atoms with van der Waals surface area (Å²) in [7, 11) is -3.60. The fourth-order valence-corrected chi connectivity index (χ4v) is 3.15. The van der Waals surface area contributed by atoms with Gasteiger partial charge < -0.3 is 10.6 Å². The second kappa shape index (κ2) is 7.94. The fourth-order valence-electron chi connectivity index (χ4n) is 1.89. The lowest BCUT2D eigenvalue weighted by Gasteiger charge is -2.11. The summed E-state index contributed by atoms with van der Waals surface area (Å²) in [4.78, 5) is 0.227. The van der Waals surface area contributed by atoms with Gasteiger partial charge in [-0.1, -0.05) is 23.8 Å². The molecule has 0 radical (unpaired) electrons. The van der Waals surface area contributed by atoms with Gasteiger partial charge >= 0.3 is 0 Å². The number of hydrogen-bond acceptors (Lipinski definition) is 3. The SMILES string of the molecule is C=CCNC(=S)Nc1ccc(NS(=O)(=O)c2ccc(C)cc2)cc1. The van der Waals surface area contributed by atoms with Crippen molar-refractivity contribution in [1.29, 1.82) is 0 Å². The van der Waals surface area contributed by atoms with Crippen molar-refractivity contribution in [3.63, 3.8) is 0 Å². The molecule has 5 nitrogen and oxygen atoms in total. The van der Waals surface area contributed by atoms with Crippen LogP contribution in [-0.4, -0.2) is 20.1 Å². The van der Waals surface area contributed by atoms with Crippen molar-refractivity contribution in [2.45, 2.75) is 11.8 Å². The molecule has 0 heterocycles. The first-order chi connectivity index (χ1) is 11.4. The van der Waals surface area contributed by atoms with E-state index in [0.717, 1.165) is 11.3 Å². The lowest BCUT2D eigenvalue weighted by molar-refractivity contribution is 0.601. The molecule has 0 amide bonds. The lowest BCUT2D eigenvalue weighted by Crippen LogP contribution is -2.28. The van der Waals surface area contributed by atoms with Crippen LogP contribution in [0.2, 0.25) is 0 Å². The van der Waals surface area contributed by atoms with Gasteiger partial charge in [0.25, 0.3) is 10.0 Å². The van der Waals surface area contributed by atoms with E-state index < -0.39 is 10.0 Å². The second-order valence-electron chi connectivity index (χ2n) is 5.12. The number of hydrogen-bond donors (Lipinski definition) is 3. The summed E-state index contributed by atoms with van der Waals surface area (Å²) in [5.74, 6) is 0. The highest BCUT2D eigenvalue weighted by molar-refractivity contribution is 7.92. The molecule has 0 unspecified atom stereocenters. The molecule has 3 N–H and O–H groups in total. The van der Waals surface area contributed by atoms with Gasteiger partial charge in [0.1, 0.15) is 0 Å². The molecule has 2 aromatic rings. The van der Waals surface area contributed by atoms with Crippen molar-refractivity contribution in [3.05, 3.63) is 66.7 Å². The number of aryl methyl sites for hydroxylation is 1. The molecule has 2 aromatic carbocycles. The second-order valence-corrected chi connectivity index (χ2v) is 7.21. The van der Waals surface area contributed by atoms with E-state index in [4.69, 9.17) is 12.2 Å². The maximum atomic E-state index is 12.3. The van der Waals surface area contributed by atoms with Crippen LogP contribution in [-0.2, 0) is 10.0 Å². The van der Waals surface area contributed by atoms with Crippen molar-refractivity contribution in [1.82, 2.24) is 5.32 Å². The highest BCUT2D eigenvalue weighted by Crippen LogP contribution is 2.18. The minimum absolute atomic E-state index is 0.227. The van der Waals surface area contributed by atoms with Crippen molar-refractivity contribution in [2.75, 3.05) is 16.6 Å². The Kier molecular flexibility index (Phi) is 5.94. The van der Waals surface area contributed by atoms with E-state index in [9.17, 15) is 8.42 Å². The van der Waals surface area contributed by atoms with Gasteiger partial charge in [-0.3, -0.25) is 4.72 Å². The molecular weight excluding hydrogens is 342 g/mol. The Balaban J connectivity index is 2.04.